The molecule has 2 N–H and O–H groups in total. The summed E-state index contributed by atoms with van der Waals surface area (Å²) >= 11 is 4.47. The van der Waals surface area contributed by atoms with Gasteiger partial charge in [0.05, 0.1) is 10.4 Å². The monoisotopic (exact) mass is 425 g/mol. The number of nitrogens with one attached hydrogen (secondary N) is 1. The maximum atomic E-state index is 12.5. The van der Waals surface area contributed by atoms with Crippen LogP contribution < -0.4 is 4.72 Å². The molecule has 0 saturated carbocycles. The van der Waals surface area contributed by atoms with Crippen LogP contribution in [0.2, 0.25) is 0 Å². The van der Waals surface area contributed by atoms with Gasteiger partial charge in [0.25, 0.3) is 0 Å². The summed E-state index contributed by atoms with van der Waals surface area (Å²) in [4.78, 5) is 0. The van der Waals surface area contributed by atoms with Crippen LogP contribution >= 0.6 is 27.3 Å². The van der Waals surface area contributed by atoms with E-state index >= 15 is 0 Å². The third-order valence-corrected chi connectivity index (χ3v) is 7.44. The summed E-state index contributed by atoms with van der Waals surface area (Å²) in [5.74, 6) is 0.626. The molecule has 7 heteroatoms. The Morgan fingerprint density at radius 3 is 2.48 bits per heavy atom. The minimum Gasteiger partial charge on any atom is -0.395 e. The van der Waals surface area contributed by atoms with Gasteiger partial charge >= 0.3 is 0 Å². The molecule has 1 aromatic rings. The van der Waals surface area contributed by atoms with Crippen LogP contribution in [0.5, 0.6) is 0 Å². The molecule has 1 heterocycles. The lowest BCUT2D eigenvalue weighted by Crippen LogP contribution is -2.43. The molecule has 0 amide bonds. The molecule has 0 aliphatic rings. The smallest absolute Gasteiger partial charge is 0.250 e. The van der Waals surface area contributed by atoms with Gasteiger partial charge in [0.15, 0.2) is 0 Å². The summed E-state index contributed by atoms with van der Waals surface area (Å²) in [7, 11) is -3.58. The van der Waals surface area contributed by atoms with E-state index in [-0.39, 0.29) is 16.7 Å². The summed E-state index contributed by atoms with van der Waals surface area (Å²) in [6.45, 7) is 6.24. The highest BCUT2D eigenvalue weighted by molar-refractivity contribution is 9.11. The van der Waals surface area contributed by atoms with Crippen molar-refractivity contribution in [3.05, 3.63) is 15.9 Å². The number of hydrogen-bond donors (Lipinski definition) is 2. The van der Waals surface area contributed by atoms with Crippen molar-refractivity contribution >= 4 is 37.3 Å². The Balaban J connectivity index is 2.84. The van der Waals surface area contributed by atoms with E-state index in [9.17, 15) is 13.5 Å². The average Bonchev–Trinajstić information content (AvgIpc) is 2.91. The van der Waals surface area contributed by atoms with Crippen LogP contribution in [0, 0.1) is 11.8 Å². The van der Waals surface area contributed by atoms with Crippen LogP contribution in [-0.4, -0.2) is 26.2 Å². The van der Waals surface area contributed by atoms with Crippen LogP contribution in [0.3, 0.4) is 0 Å². The maximum absolute atomic E-state index is 12.5. The lowest BCUT2D eigenvalue weighted by atomic mass is 9.87. The van der Waals surface area contributed by atoms with Crippen LogP contribution in [-0.2, 0) is 10.0 Å². The van der Waals surface area contributed by atoms with Crippen LogP contribution in [0.1, 0.15) is 52.9 Å². The van der Waals surface area contributed by atoms with Crippen molar-refractivity contribution < 1.29 is 13.5 Å². The van der Waals surface area contributed by atoms with Crippen molar-refractivity contribution in [2.45, 2.75) is 63.1 Å². The number of hydrogen-bond acceptors (Lipinski definition) is 4. The van der Waals surface area contributed by atoms with Crippen LogP contribution in [0.25, 0.3) is 0 Å². The average molecular weight is 426 g/mol. The topological polar surface area (TPSA) is 66.4 Å². The molecule has 0 aliphatic heterocycles. The Morgan fingerprint density at radius 2 is 2.00 bits per heavy atom. The highest BCUT2D eigenvalue weighted by Crippen LogP contribution is 2.28. The van der Waals surface area contributed by atoms with E-state index in [1.54, 1.807) is 12.1 Å². The van der Waals surface area contributed by atoms with Gasteiger partial charge in [0.1, 0.15) is 4.21 Å². The van der Waals surface area contributed by atoms with Crippen molar-refractivity contribution in [1.82, 2.24) is 4.72 Å². The molecule has 0 fully saturated rings. The number of aliphatic hydroxyl groups excluding tert-OH is 1. The highest BCUT2D eigenvalue weighted by atomic mass is 79.9. The summed E-state index contributed by atoms with van der Waals surface area (Å²) in [6, 6.07) is 2.88. The molecule has 0 aliphatic carbocycles. The van der Waals surface area contributed by atoms with E-state index in [2.05, 4.69) is 41.4 Å². The van der Waals surface area contributed by atoms with Gasteiger partial charge in [-0.2, -0.15) is 0 Å². The van der Waals surface area contributed by atoms with E-state index < -0.39 is 16.1 Å². The highest BCUT2D eigenvalue weighted by Gasteiger charge is 2.27. The van der Waals surface area contributed by atoms with Gasteiger partial charge in [0.2, 0.25) is 10.0 Å². The first kappa shape index (κ1) is 21.1. The second kappa shape index (κ2) is 10.1. The summed E-state index contributed by atoms with van der Waals surface area (Å²) in [5, 5.41) is 9.75. The Bertz CT molecular complexity index is 557. The Labute approximate surface area is 152 Å². The number of thiophene rings is 1. The molecule has 23 heavy (non-hydrogen) atoms. The largest absolute Gasteiger partial charge is 0.395 e. The zero-order valence-corrected chi connectivity index (χ0v) is 17.3. The predicted molar refractivity (Wildman–Crippen MR) is 100 cm³/mol. The van der Waals surface area contributed by atoms with Gasteiger partial charge in [-0.05, 0) is 52.7 Å². The lowest BCUT2D eigenvalue weighted by Gasteiger charge is -2.27. The van der Waals surface area contributed by atoms with Crippen molar-refractivity contribution in [3.63, 3.8) is 0 Å². The first-order valence-corrected chi connectivity index (χ1v) is 11.3. The van der Waals surface area contributed by atoms with E-state index in [0.29, 0.717) is 5.92 Å². The second-order valence-electron chi connectivity index (χ2n) is 6.35. The summed E-state index contributed by atoms with van der Waals surface area (Å²) in [6.07, 6.45) is 5.18. The number of rotatable bonds is 11. The number of sulfonamides is 1. The molecule has 0 saturated heterocycles. The normalized spacial score (nSPS) is 15.0. The molecule has 1 rings (SSSR count). The Hall–Kier alpha value is 0.0500. The number of halogens is 1. The quantitative estimate of drug-likeness (QED) is 0.516. The third-order valence-electron chi connectivity index (χ3n) is 3.84. The zero-order valence-electron chi connectivity index (χ0n) is 14.1. The Kier molecular flexibility index (Phi) is 9.29. The van der Waals surface area contributed by atoms with Crippen molar-refractivity contribution in [2.75, 3.05) is 6.61 Å². The molecule has 2 atom stereocenters. The van der Waals surface area contributed by atoms with E-state index in [0.717, 1.165) is 35.9 Å². The molecule has 1 aromatic heterocycles. The first-order valence-electron chi connectivity index (χ1n) is 8.18. The fraction of sp³-hybridized carbons (Fsp3) is 0.750. The molecule has 0 aromatic carbocycles. The molecule has 0 radical (unpaired) electrons. The first-order chi connectivity index (χ1) is 10.8. The molecule has 4 nitrogen and oxygen atoms in total. The Morgan fingerprint density at radius 1 is 1.30 bits per heavy atom. The van der Waals surface area contributed by atoms with Gasteiger partial charge in [-0.1, -0.05) is 40.0 Å². The SMILES string of the molecule is CCCCC[C@H](CC(C)C)[C@@H](CO)NS(=O)(=O)c1ccc(Br)s1. The standard InChI is InChI=1S/C16H28BrNO3S2/c1-4-5-6-7-13(10-12(2)3)14(11-19)18-23(20,21)16-9-8-15(17)22-16/h8-9,12-14,18-19H,4-7,10-11H2,1-3H3/t13-,14-/m1/s1. The summed E-state index contributed by atoms with van der Waals surface area (Å²) < 4.78 is 28.8. The molecule has 0 unspecified atom stereocenters. The number of unbranched alkanes of at least 4 members (excludes halogenated alkanes) is 2. The van der Waals surface area contributed by atoms with Gasteiger partial charge in [-0.25, -0.2) is 13.1 Å². The molecule has 0 bridgehead atoms. The molecule has 0 spiro atoms. The van der Waals surface area contributed by atoms with Crippen molar-refractivity contribution in [2.24, 2.45) is 11.8 Å². The number of aliphatic hydroxyl groups is 1. The third kappa shape index (κ3) is 7.22. The summed E-state index contributed by atoms with van der Waals surface area (Å²) in [5.41, 5.74) is 0. The fourth-order valence-corrected chi connectivity index (χ4v) is 6.05. The van der Waals surface area contributed by atoms with Crippen molar-refractivity contribution in [3.8, 4) is 0 Å². The maximum Gasteiger partial charge on any atom is 0.250 e. The van der Waals surface area contributed by atoms with Crippen molar-refractivity contribution in [1.29, 1.82) is 0 Å². The zero-order chi connectivity index (χ0) is 17.5. The predicted octanol–water partition coefficient (Wildman–Crippen LogP) is 4.39. The van der Waals surface area contributed by atoms with Gasteiger partial charge in [0, 0.05) is 6.04 Å². The second-order valence-corrected chi connectivity index (χ2v) is 10.8. The molecular formula is C16H28BrNO3S2. The lowest BCUT2D eigenvalue weighted by molar-refractivity contribution is 0.191. The fourth-order valence-electron chi connectivity index (χ4n) is 2.73. The minimum absolute atomic E-state index is 0.157. The van der Waals surface area contributed by atoms with Gasteiger partial charge < -0.3 is 5.11 Å². The van der Waals surface area contributed by atoms with Gasteiger partial charge in [-0.15, -0.1) is 11.3 Å². The van der Waals surface area contributed by atoms with Crippen LogP contribution in [0.15, 0.2) is 20.1 Å². The molecule has 134 valence electrons. The van der Waals surface area contributed by atoms with E-state index in [1.807, 2.05) is 0 Å². The molecular weight excluding hydrogens is 398 g/mol. The van der Waals surface area contributed by atoms with Gasteiger partial charge in [-0.3, -0.25) is 0 Å². The van der Waals surface area contributed by atoms with E-state index in [4.69, 9.17) is 0 Å². The van der Waals surface area contributed by atoms with Crippen LogP contribution in [0.4, 0.5) is 0 Å². The minimum atomic E-state index is -3.58. The van der Waals surface area contributed by atoms with E-state index in [1.165, 1.54) is 11.3 Å².